The molecule has 0 aromatic carbocycles. The van der Waals surface area contributed by atoms with Crippen LogP contribution in [-0.2, 0) is 4.79 Å². The molecule has 1 fully saturated rings. The summed E-state index contributed by atoms with van der Waals surface area (Å²) in [6.45, 7) is 9.26. The van der Waals surface area contributed by atoms with E-state index in [2.05, 4.69) is 31.1 Å². The van der Waals surface area contributed by atoms with Crippen LogP contribution >= 0.6 is 0 Å². The first-order chi connectivity index (χ1) is 6.43. The zero-order chi connectivity index (χ0) is 11.2. The number of carbonyl (C=O) groups is 1. The third kappa shape index (κ3) is 5.19. The lowest BCUT2D eigenvalue weighted by Gasteiger charge is -2.23. The topological polar surface area (TPSA) is 52.6 Å². The average molecular weight is 202 g/mol. The molecular weight excluding hydrogens is 180 g/mol. The normalized spacial score (nSPS) is 26.9. The summed E-state index contributed by atoms with van der Waals surface area (Å²) < 4.78 is 0. The molecule has 0 amide bonds. The number of hydrogen-bond acceptors (Lipinski definition) is 3. The third-order valence-electron chi connectivity index (χ3n) is 2.60. The summed E-state index contributed by atoms with van der Waals surface area (Å²) in [5.74, 6) is -0.833. The molecule has 0 saturated carbocycles. The highest BCUT2D eigenvalue weighted by atomic mass is 16.4. The van der Waals surface area contributed by atoms with Gasteiger partial charge in [0.15, 0.2) is 0 Å². The van der Waals surface area contributed by atoms with Gasteiger partial charge in [0, 0.05) is 19.0 Å². The maximum absolute atomic E-state index is 9.00. The SMILES string of the molecule is CC(=O)O.CCN1CCC(C)(NC)C1. The molecule has 4 nitrogen and oxygen atoms in total. The van der Waals surface area contributed by atoms with Crippen molar-refractivity contribution in [1.29, 1.82) is 0 Å². The first-order valence-corrected chi connectivity index (χ1v) is 5.04. The Kier molecular flexibility index (Phi) is 5.72. The fourth-order valence-corrected chi connectivity index (χ4v) is 1.53. The molecule has 0 aromatic rings. The Morgan fingerprint density at radius 3 is 2.36 bits per heavy atom. The van der Waals surface area contributed by atoms with E-state index in [4.69, 9.17) is 9.90 Å². The number of carboxylic acid groups (broad SMARTS) is 1. The molecule has 14 heavy (non-hydrogen) atoms. The maximum atomic E-state index is 9.00. The van der Waals surface area contributed by atoms with Crippen LogP contribution in [0.3, 0.4) is 0 Å². The molecule has 0 spiro atoms. The second-order valence-electron chi connectivity index (χ2n) is 3.95. The van der Waals surface area contributed by atoms with Crippen LogP contribution < -0.4 is 5.32 Å². The number of likely N-dealkylation sites (N-methyl/N-ethyl adjacent to an activating group) is 2. The number of hydrogen-bond donors (Lipinski definition) is 2. The van der Waals surface area contributed by atoms with Gasteiger partial charge < -0.3 is 15.3 Å². The zero-order valence-electron chi connectivity index (χ0n) is 9.63. The van der Waals surface area contributed by atoms with E-state index in [1.54, 1.807) is 0 Å². The minimum absolute atomic E-state index is 0.385. The number of aliphatic carboxylic acids is 1. The summed E-state index contributed by atoms with van der Waals surface area (Å²) in [4.78, 5) is 11.5. The highest BCUT2D eigenvalue weighted by Gasteiger charge is 2.30. The second kappa shape index (κ2) is 5.98. The molecule has 84 valence electrons. The predicted molar refractivity (Wildman–Crippen MR) is 57.5 cm³/mol. The van der Waals surface area contributed by atoms with Crippen molar-refractivity contribution >= 4 is 5.97 Å². The van der Waals surface area contributed by atoms with Gasteiger partial charge >= 0.3 is 0 Å². The Morgan fingerprint density at radius 2 is 2.14 bits per heavy atom. The van der Waals surface area contributed by atoms with E-state index < -0.39 is 5.97 Å². The van der Waals surface area contributed by atoms with E-state index in [1.807, 2.05) is 0 Å². The Labute approximate surface area is 86.3 Å². The van der Waals surface area contributed by atoms with Gasteiger partial charge in [0.05, 0.1) is 0 Å². The standard InChI is InChI=1S/C8H18N2.C2H4O2/c1-4-10-6-5-8(2,7-10)9-3;1-2(3)4/h9H,4-7H2,1-3H3;1H3,(H,3,4). The Morgan fingerprint density at radius 1 is 1.64 bits per heavy atom. The average Bonchev–Trinajstić information content (AvgIpc) is 2.48. The van der Waals surface area contributed by atoms with Gasteiger partial charge in [-0.2, -0.15) is 0 Å². The van der Waals surface area contributed by atoms with Gasteiger partial charge in [-0.1, -0.05) is 6.92 Å². The van der Waals surface area contributed by atoms with Crippen LogP contribution in [0.1, 0.15) is 27.2 Å². The van der Waals surface area contributed by atoms with Crippen molar-refractivity contribution in [3.8, 4) is 0 Å². The molecule has 1 saturated heterocycles. The van der Waals surface area contributed by atoms with Crippen LogP contribution in [0, 0.1) is 0 Å². The molecule has 2 N–H and O–H groups in total. The van der Waals surface area contributed by atoms with Crippen LogP contribution in [0.5, 0.6) is 0 Å². The van der Waals surface area contributed by atoms with Crippen LogP contribution in [0.15, 0.2) is 0 Å². The van der Waals surface area contributed by atoms with Crippen molar-refractivity contribution in [3.63, 3.8) is 0 Å². The number of nitrogens with zero attached hydrogens (tertiary/aromatic N) is 1. The van der Waals surface area contributed by atoms with Crippen LogP contribution in [0.4, 0.5) is 0 Å². The molecule has 1 atom stereocenters. The fraction of sp³-hybridized carbons (Fsp3) is 0.900. The largest absolute Gasteiger partial charge is 0.481 e. The van der Waals surface area contributed by atoms with E-state index >= 15 is 0 Å². The minimum atomic E-state index is -0.833. The third-order valence-corrected chi connectivity index (χ3v) is 2.60. The molecule has 0 aliphatic carbocycles. The van der Waals surface area contributed by atoms with Crippen LogP contribution in [0.25, 0.3) is 0 Å². The van der Waals surface area contributed by atoms with Gasteiger partial charge in [-0.25, -0.2) is 0 Å². The Hall–Kier alpha value is -0.610. The van der Waals surface area contributed by atoms with E-state index in [1.165, 1.54) is 26.1 Å². The predicted octanol–water partition coefficient (Wildman–Crippen LogP) is 0.781. The molecule has 0 aromatic heterocycles. The van der Waals surface area contributed by atoms with Crippen molar-refractivity contribution in [1.82, 2.24) is 10.2 Å². The maximum Gasteiger partial charge on any atom is 0.300 e. The molecular formula is C10H22N2O2. The van der Waals surface area contributed by atoms with Gasteiger partial charge in [0.2, 0.25) is 0 Å². The lowest BCUT2D eigenvalue weighted by molar-refractivity contribution is -0.134. The summed E-state index contributed by atoms with van der Waals surface area (Å²) >= 11 is 0. The monoisotopic (exact) mass is 202 g/mol. The number of rotatable bonds is 2. The van der Waals surface area contributed by atoms with Gasteiger partial charge in [0.1, 0.15) is 0 Å². The first kappa shape index (κ1) is 13.4. The van der Waals surface area contributed by atoms with E-state index in [0.717, 1.165) is 6.92 Å². The number of likely N-dealkylation sites (tertiary alicyclic amines) is 1. The lowest BCUT2D eigenvalue weighted by Crippen LogP contribution is -2.42. The molecule has 1 heterocycles. The van der Waals surface area contributed by atoms with Crippen molar-refractivity contribution in [3.05, 3.63) is 0 Å². The lowest BCUT2D eigenvalue weighted by atomic mass is 10.0. The van der Waals surface area contributed by atoms with Crippen LogP contribution in [0.2, 0.25) is 0 Å². The van der Waals surface area contributed by atoms with Gasteiger partial charge in [-0.3, -0.25) is 4.79 Å². The van der Waals surface area contributed by atoms with Gasteiger partial charge in [-0.05, 0) is 33.5 Å². The van der Waals surface area contributed by atoms with Gasteiger partial charge in [0.25, 0.3) is 5.97 Å². The molecule has 0 radical (unpaired) electrons. The molecule has 4 heteroatoms. The van der Waals surface area contributed by atoms with E-state index in [0.29, 0.717) is 5.54 Å². The summed E-state index contributed by atoms with van der Waals surface area (Å²) in [5, 5.41) is 10.8. The summed E-state index contributed by atoms with van der Waals surface area (Å²) in [6, 6.07) is 0. The number of nitrogens with one attached hydrogen (secondary N) is 1. The van der Waals surface area contributed by atoms with Crippen molar-refractivity contribution in [2.45, 2.75) is 32.7 Å². The summed E-state index contributed by atoms with van der Waals surface area (Å²) in [6.07, 6.45) is 1.29. The van der Waals surface area contributed by atoms with Crippen molar-refractivity contribution in [2.24, 2.45) is 0 Å². The molecule has 1 aliphatic rings. The smallest absolute Gasteiger partial charge is 0.300 e. The number of carboxylic acids is 1. The molecule has 0 bridgehead atoms. The van der Waals surface area contributed by atoms with Crippen molar-refractivity contribution < 1.29 is 9.90 Å². The molecule has 1 aliphatic heterocycles. The zero-order valence-corrected chi connectivity index (χ0v) is 9.63. The second-order valence-corrected chi connectivity index (χ2v) is 3.95. The van der Waals surface area contributed by atoms with E-state index in [9.17, 15) is 0 Å². The summed E-state index contributed by atoms with van der Waals surface area (Å²) in [7, 11) is 2.05. The summed E-state index contributed by atoms with van der Waals surface area (Å²) in [5.41, 5.74) is 0.385. The quantitative estimate of drug-likeness (QED) is 0.695. The minimum Gasteiger partial charge on any atom is -0.481 e. The fourth-order valence-electron chi connectivity index (χ4n) is 1.53. The van der Waals surface area contributed by atoms with Gasteiger partial charge in [-0.15, -0.1) is 0 Å². The Balaban J connectivity index is 0.000000364. The molecule has 1 unspecified atom stereocenters. The van der Waals surface area contributed by atoms with Crippen LogP contribution in [-0.4, -0.2) is 48.2 Å². The van der Waals surface area contributed by atoms with E-state index in [-0.39, 0.29) is 0 Å². The molecule has 1 rings (SSSR count). The van der Waals surface area contributed by atoms with Crippen molar-refractivity contribution in [2.75, 3.05) is 26.7 Å². The highest BCUT2D eigenvalue weighted by molar-refractivity contribution is 5.62. The highest BCUT2D eigenvalue weighted by Crippen LogP contribution is 2.18. The Bertz CT molecular complexity index is 181. The first-order valence-electron chi connectivity index (χ1n) is 5.04.